The van der Waals surface area contributed by atoms with Crippen molar-refractivity contribution in [2.45, 2.75) is 0 Å². The van der Waals surface area contributed by atoms with Crippen molar-refractivity contribution in [3.63, 3.8) is 0 Å². The van der Waals surface area contributed by atoms with E-state index >= 15 is 0 Å². The molecule has 8 heteroatoms. The van der Waals surface area contributed by atoms with Gasteiger partial charge in [0.15, 0.2) is 0 Å². The summed E-state index contributed by atoms with van der Waals surface area (Å²) in [7, 11) is -5.70. The van der Waals surface area contributed by atoms with E-state index in [1.807, 2.05) is 12.2 Å². The predicted octanol–water partition coefficient (Wildman–Crippen LogP) is 1.10. The van der Waals surface area contributed by atoms with Gasteiger partial charge in [0.1, 0.15) is 19.7 Å². The minimum Gasteiger partial charge on any atom is -0.229 e. The third-order valence-corrected chi connectivity index (χ3v) is 6.04. The SMILES string of the molecule is CS(=O)(=O)CCSCC=CCSCCS(C)(=O)=O. The third kappa shape index (κ3) is 16.3. The zero-order chi connectivity index (χ0) is 14.1. The van der Waals surface area contributed by atoms with Crippen LogP contribution in [0.15, 0.2) is 12.2 Å². The van der Waals surface area contributed by atoms with Crippen molar-refractivity contribution in [1.29, 1.82) is 0 Å². The Morgan fingerprint density at radius 2 is 1.11 bits per heavy atom. The van der Waals surface area contributed by atoms with Gasteiger partial charge in [0, 0.05) is 35.5 Å². The molecule has 0 fully saturated rings. The lowest BCUT2D eigenvalue weighted by Crippen LogP contribution is -2.05. The van der Waals surface area contributed by atoms with Crippen LogP contribution in [0, 0.1) is 0 Å². The molecule has 0 amide bonds. The monoisotopic (exact) mass is 332 g/mol. The van der Waals surface area contributed by atoms with E-state index in [-0.39, 0.29) is 11.5 Å². The highest BCUT2D eigenvalue weighted by Gasteiger charge is 2.01. The molecule has 0 atom stereocenters. The van der Waals surface area contributed by atoms with Gasteiger partial charge in [-0.25, -0.2) is 16.8 Å². The maximum absolute atomic E-state index is 10.8. The number of sulfone groups is 2. The van der Waals surface area contributed by atoms with Crippen molar-refractivity contribution in [2.24, 2.45) is 0 Å². The highest BCUT2D eigenvalue weighted by molar-refractivity contribution is 8.01. The largest absolute Gasteiger partial charge is 0.229 e. The van der Waals surface area contributed by atoms with E-state index in [2.05, 4.69) is 0 Å². The Bertz CT molecular complexity index is 394. The zero-order valence-corrected chi connectivity index (χ0v) is 13.9. The van der Waals surface area contributed by atoms with E-state index in [9.17, 15) is 16.8 Å². The standard InChI is InChI=1S/C10H20O4S4/c1-17(11,12)9-7-15-5-3-4-6-16-8-10-18(2,13)14/h3-4H,5-10H2,1-2H3. The molecule has 0 aromatic heterocycles. The first-order valence-electron chi connectivity index (χ1n) is 5.37. The molecule has 0 unspecified atom stereocenters. The molecule has 108 valence electrons. The van der Waals surface area contributed by atoms with Gasteiger partial charge in [0.05, 0.1) is 11.5 Å². The van der Waals surface area contributed by atoms with Crippen molar-refractivity contribution in [3.8, 4) is 0 Å². The fourth-order valence-corrected chi connectivity index (χ4v) is 5.10. The minimum absolute atomic E-state index is 0.217. The summed E-state index contributed by atoms with van der Waals surface area (Å²) in [5.74, 6) is 3.25. The van der Waals surface area contributed by atoms with Gasteiger partial charge in [-0.15, -0.1) is 0 Å². The Balaban J connectivity index is 3.40. The van der Waals surface area contributed by atoms with Crippen molar-refractivity contribution in [2.75, 3.05) is 47.0 Å². The van der Waals surface area contributed by atoms with E-state index < -0.39 is 19.7 Å². The summed E-state index contributed by atoms with van der Waals surface area (Å²) in [4.78, 5) is 0. The van der Waals surface area contributed by atoms with Crippen LogP contribution in [0.2, 0.25) is 0 Å². The molecule has 0 radical (unpaired) electrons. The molecular formula is C10H20O4S4. The summed E-state index contributed by atoms with van der Waals surface area (Å²) < 4.78 is 43.3. The number of rotatable bonds is 10. The second-order valence-corrected chi connectivity index (χ2v) is 10.7. The van der Waals surface area contributed by atoms with Crippen LogP contribution in [0.25, 0.3) is 0 Å². The summed E-state index contributed by atoms with van der Waals surface area (Å²) in [5, 5.41) is 0. The lowest BCUT2D eigenvalue weighted by Gasteiger charge is -1.97. The highest BCUT2D eigenvalue weighted by Crippen LogP contribution is 2.04. The molecule has 0 saturated carbocycles. The molecule has 0 aliphatic rings. The summed E-state index contributed by atoms with van der Waals surface area (Å²) in [6.07, 6.45) is 6.45. The van der Waals surface area contributed by atoms with Gasteiger partial charge in [-0.3, -0.25) is 0 Å². The summed E-state index contributed by atoms with van der Waals surface area (Å²) in [6.45, 7) is 0. The Labute approximate surface area is 119 Å². The fraction of sp³-hybridized carbons (Fsp3) is 0.800. The molecule has 0 spiro atoms. The van der Waals surface area contributed by atoms with Gasteiger partial charge < -0.3 is 0 Å². The van der Waals surface area contributed by atoms with Crippen LogP contribution >= 0.6 is 23.5 Å². The van der Waals surface area contributed by atoms with Crippen LogP contribution in [0.3, 0.4) is 0 Å². The van der Waals surface area contributed by atoms with E-state index in [1.165, 1.54) is 12.5 Å². The van der Waals surface area contributed by atoms with Gasteiger partial charge >= 0.3 is 0 Å². The van der Waals surface area contributed by atoms with Crippen molar-refractivity contribution >= 4 is 43.2 Å². The molecule has 0 aliphatic heterocycles. The van der Waals surface area contributed by atoms with Crippen molar-refractivity contribution in [3.05, 3.63) is 12.2 Å². The number of hydrogen-bond acceptors (Lipinski definition) is 6. The number of thioether (sulfide) groups is 2. The summed E-state index contributed by atoms with van der Waals surface area (Å²) >= 11 is 3.15. The first kappa shape index (κ1) is 18.3. The van der Waals surface area contributed by atoms with Crippen LogP contribution in [0.5, 0.6) is 0 Å². The summed E-state index contributed by atoms with van der Waals surface area (Å²) in [5.41, 5.74) is 0. The normalized spacial score (nSPS) is 13.2. The van der Waals surface area contributed by atoms with Gasteiger partial charge in [-0.2, -0.15) is 23.5 Å². The van der Waals surface area contributed by atoms with Gasteiger partial charge in [0.25, 0.3) is 0 Å². The van der Waals surface area contributed by atoms with Crippen LogP contribution in [-0.4, -0.2) is 63.9 Å². The van der Waals surface area contributed by atoms with Crippen LogP contribution in [-0.2, 0) is 19.7 Å². The molecule has 0 aromatic rings. The first-order chi connectivity index (χ1) is 8.21. The van der Waals surface area contributed by atoms with Gasteiger partial charge in [-0.05, 0) is 0 Å². The average Bonchev–Trinajstić information content (AvgIpc) is 2.17. The molecule has 0 N–H and O–H groups in total. The smallest absolute Gasteiger partial charge is 0.148 e. The molecule has 0 heterocycles. The molecular weight excluding hydrogens is 312 g/mol. The molecule has 0 saturated heterocycles. The Hall–Kier alpha value is 0.340. The Kier molecular flexibility index (Phi) is 9.45. The quantitative estimate of drug-likeness (QED) is 0.441. The minimum atomic E-state index is -2.85. The Morgan fingerprint density at radius 3 is 1.39 bits per heavy atom. The van der Waals surface area contributed by atoms with Crippen LogP contribution < -0.4 is 0 Å². The lowest BCUT2D eigenvalue weighted by molar-refractivity contribution is 0.601. The second kappa shape index (κ2) is 9.28. The molecule has 18 heavy (non-hydrogen) atoms. The molecule has 4 nitrogen and oxygen atoms in total. The zero-order valence-electron chi connectivity index (χ0n) is 10.7. The maximum atomic E-state index is 10.8. The third-order valence-electron chi connectivity index (χ3n) is 1.79. The highest BCUT2D eigenvalue weighted by atomic mass is 32.2. The topological polar surface area (TPSA) is 68.3 Å². The lowest BCUT2D eigenvalue weighted by atomic mass is 10.6. The van der Waals surface area contributed by atoms with Crippen molar-refractivity contribution in [1.82, 2.24) is 0 Å². The summed E-state index contributed by atoms with van der Waals surface area (Å²) in [6, 6.07) is 0. The van der Waals surface area contributed by atoms with E-state index in [1.54, 1.807) is 23.5 Å². The van der Waals surface area contributed by atoms with Crippen LogP contribution in [0.4, 0.5) is 0 Å². The molecule has 0 aliphatic carbocycles. The fourth-order valence-electron chi connectivity index (χ4n) is 0.859. The second-order valence-electron chi connectivity index (χ2n) is 3.88. The van der Waals surface area contributed by atoms with Crippen LogP contribution in [0.1, 0.15) is 0 Å². The average molecular weight is 333 g/mol. The maximum Gasteiger partial charge on any atom is 0.148 e. The van der Waals surface area contributed by atoms with Crippen molar-refractivity contribution < 1.29 is 16.8 Å². The van der Waals surface area contributed by atoms with E-state index in [4.69, 9.17) is 0 Å². The molecule has 0 aromatic carbocycles. The first-order valence-corrected chi connectivity index (χ1v) is 11.8. The molecule has 0 bridgehead atoms. The van der Waals surface area contributed by atoms with E-state index in [0.29, 0.717) is 11.5 Å². The number of hydrogen-bond donors (Lipinski definition) is 0. The van der Waals surface area contributed by atoms with E-state index in [0.717, 1.165) is 11.5 Å². The Morgan fingerprint density at radius 1 is 0.778 bits per heavy atom. The molecule has 0 rings (SSSR count). The van der Waals surface area contributed by atoms with Gasteiger partial charge in [0.2, 0.25) is 0 Å². The van der Waals surface area contributed by atoms with Gasteiger partial charge in [-0.1, -0.05) is 12.2 Å². The predicted molar refractivity (Wildman–Crippen MR) is 83.2 cm³/mol.